The van der Waals surface area contributed by atoms with Crippen molar-refractivity contribution in [1.29, 1.82) is 0 Å². The predicted molar refractivity (Wildman–Crippen MR) is 73.1 cm³/mol. The third-order valence-electron chi connectivity index (χ3n) is 2.89. The molecule has 106 valence electrons. The van der Waals surface area contributed by atoms with E-state index in [1.807, 2.05) is 0 Å². The van der Waals surface area contributed by atoms with E-state index in [-0.39, 0.29) is 5.75 Å². The van der Waals surface area contributed by atoms with Gasteiger partial charge in [-0.2, -0.15) is 9.37 Å². The van der Waals surface area contributed by atoms with Crippen molar-refractivity contribution in [3.8, 4) is 11.6 Å². The van der Waals surface area contributed by atoms with Gasteiger partial charge in [0, 0.05) is 21.9 Å². The van der Waals surface area contributed by atoms with E-state index in [2.05, 4.69) is 4.98 Å². The van der Waals surface area contributed by atoms with E-state index in [0.29, 0.717) is 21.9 Å². The molecule has 0 bridgehead atoms. The van der Waals surface area contributed by atoms with E-state index in [9.17, 15) is 13.2 Å². The number of rotatable bonds is 2. The maximum Gasteiger partial charge on any atom is 0.258 e. The summed E-state index contributed by atoms with van der Waals surface area (Å²) >= 11 is 6.05. The molecule has 0 aliphatic heterocycles. The summed E-state index contributed by atoms with van der Waals surface area (Å²) in [6.07, 6.45) is 0. The summed E-state index contributed by atoms with van der Waals surface area (Å²) in [6, 6.07) is 10.5. The van der Waals surface area contributed by atoms with Crippen LogP contribution in [-0.2, 0) is 0 Å². The second kappa shape index (κ2) is 5.26. The van der Waals surface area contributed by atoms with Crippen LogP contribution in [-0.4, -0.2) is 4.98 Å². The summed E-state index contributed by atoms with van der Waals surface area (Å²) in [7, 11) is 0. The van der Waals surface area contributed by atoms with Crippen LogP contribution in [0.15, 0.2) is 42.5 Å². The van der Waals surface area contributed by atoms with Gasteiger partial charge in [-0.25, -0.2) is 8.78 Å². The Morgan fingerprint density at radius 3 is 2.38 bits per heavy atom. The molecule has 6 heteroatoms. The van der Waals surface area contributed by atoms with Gasteiger partial charge in [0.2, 0.25) is 0 Å². The Kier molecular flexibility index (Phi) is 3.43. The van der Waals surface area contributed by atoms with Crippen LogP contribution in [0.3, 0.4) is 0 Å². The van der Waals surface area contributed by atoms with Crippen LogP contribution in [0.4, 0.5) is 13.2 Å². The molecule has 21 heavy (non-hydrogen) atoms. The van der Waals surface area contributed by atoms with Crippen LogP contribution < -0.4 is 4.74 Å². The molecule has 0 N–H and O–H groups in total. The lowest BCUT2D eigenvalue weighted by Crippen LogP contribution is -1.98. The van der Waals surface area contributed by atoms with Gasteiger partial charge in [0.1, 0.15) is 5.75 Å². The molecule has 3 aromatic rings. The first-order valence-electron chi connectivity index (χ1n) is 5.93. The standard InChI is InChI=1S/C15H7ClF3NO/c16-10-5-6-13(9-4-2-1-3-8(9)10)21-15-12(18)7-11(17)14(19)20-15/h1-7H. The van der Waals surface area contributed by atoms with Gasteiger partial charge in [-0.1, -0.05) is 35.9 Å². The fraction of sp³-hybridized carbons (Fsp3) is 0. The summed E-state index contributed by atoms with van der Waals surface area (Å²) in [4.78, 5) is 3.12. The zero-order valence-corrected chi connectivity index (χ0v) is 11.2. The zero-order valence-electron chi connectivity index (χ0n) is 10.4. The average Bonchev–Trinajstić information content (AvgIpc) is 2.48. The molecule has 2 nitrogen and oxygen atoms in total. The van der Waals surface area contributed by atoms with E-state index in [1.54, 1.807) is 30.3 Å². The number of fused-ring (bicyclic) bond motifs is 1. The molecule has 2 aromatic carbocycles. The van der Waals surface area contributed by atoms with Crippen molar-refractivity contribution in [2.24, 2.45) is 0 Å². The highest BCUT2D eigenvalue weighted by Gasteiger charge is 2.15. The summed E-state index contributed by atoms with van der Waals surface area (Å²) in [5, 5.41) is 1.80. The number of hydrogen-bond acceptors (Lipinski definition) is 2. The van der Waals surface area contributed by atoms with Crippen molar-refractivity contribution < 1.29 is 17.9 Å². The zero-order chi connectivity index (χ0) is 15.0. The van der Waals surface area contributed by atoms with Crippen molar-refractivity contribution in [3.05, 3.63) is 65.1 Å². The molecule has 0 aliphatic rings. The number of aromatic nitrogens is 1. The molecule has 0 spiro atoms. The number of halogens is 4. The number of hydrogen-bond donors (Lipinski definition) is 0. The van der Waals surface area contributed by atoms with Gasteiger partial charge in [0.05, 0.1) is 0 Å². The molecule has 0 atom stereocenters. The normalized spacial score (nSPS) is 10.9. The average molecular weight is 310 g/mol. The van der Waals surface area contributed by atoms with E-state index in [1.165, 1.54) is 6.07 Å². The van der Waals surface area contributed by atoms with Gasteiger partial charge in [-0.15, -0.1) is 0 Å². The van der Waals surface area contributed by atoms with Crippen LogP contribution in [0.1, 0.15) is 0 Å². The van der Waals surface area contributed by atoms with Crippen LogP contribution in [0, 0.1) is 17.6 Å². The highest BCUT2D eigenvalue weighted by atomic mass is 35.5. The Labute approximate surface area is 122 Å². The van der Waals surface area contributed by atoms with Crippen LogP contribution in [0.25, 0.3) is 10.8 Å². The molecule has 0 aliphatic carbocycles. The molecule has 0 fully saturated rings. The molecule has 0 saturated carbocycles. The van der Waals surface area contributed by atoms with E-state index in [4.69, 9.17) is 16.3 Å². The summed E-state index contributed by atoms with van der Waals surface area (Å²) in [6.45, 7) is 0. The number of ether oxygens (including phenoxy) is 1. The Balaban J connectivity index is 2.11. The van der Waals surface area contributed by atoms with Crippen molar-refractivity contribution in [3.63, 3.8) is 0 Å². The van der Waals surface area contributed by atoms with Gasteiger partial charge < -0.3 is 4.74 Å². The smallest absolute Gasteiger partial charge is 0.258 e. The monoisotopic (exact) mass is 309 g/mol. The number of nitrogens with zero attached hydrogens (tertiary/aromatic N) is 1. The minimum atomic E-state index is -1.43. The molecule has 0 amide bonds. The van der Waals surface area contributed by atoms with Gasteiger partial charge in [0.15, 0.2) is 11.6 Å². The second-order valence-electron chi connectivity index (χ2n) is 4.24. The van der Waals surface area contributed by atoms with Crippen LogP contribution in [0.2, 0.25) is 5.02 Å². The molecule has 1 aromatic heterocycles. The quantitative estimate of drug-likeness (QED) is 0.615. The fourth-order valence-electron chi connectivity index (χ4n) is 1.93. The first-order chi connectivity index (χ1) is 10.1. The topological polar surface area (TPSA) is 22.1 Å². The minimum Gasteiger partial charge on any atom is -0.436 e. The van der Waals surface area contributed by atoms with Gasteiger partial charge in [-0.05, 0) is 12.1 Å². The third-order valence-corrected chi connectivity index (χ3v) is 3.22. The van der Waals surface area contributed by atoms with E-state index >= 15 is 0 Å². The fourth-order valence-corrected chi connectivity index (χ4v) is 2.16. The van der Waals surface area contributed by atoms with Crippen molar-refractivity contribution in [2.75, 3.05) is 0 Å². The maximum atomic E-state index is 13.6. The van der Waals surface area contributed by atoms with Crippen LogP contribution in [0.5, 0.6) is 11.6 Å². The molecule has 0 saturated heterocycles. The Hall–Kier alpha value is -2.27. The molecule has 0 unspecified atom stereocenters. The Bertz CT molecular complexity index is 839. The molecule has 0 radical (unpaired) electrons. The van der Waals surface area contributed by atoms with Crippen molar-refractivity contribution in [2.45, 2.75) is 0 Å². The van der Waals surface area contributed by atoms with Crippen molar-refractivity contribution >= 4 is 22.4 Å². The molecule has 3 rings (SSSR count). The summed E-state index contributed by atoms with van der Waals surface area (Å²) in [5.41, 5.74) is 0. The first kappa shape index (κ1) is 13.7. The lowest BCUT2D eigenvalue weighted by atomic mass is 10.1. The maximum absolute atomic E-state index is 13.6. The van der Waals surface area contributed by atoms with Gasteiger partial charge in [0.25, 0.3) is 11.8 Å². The highest BCUT2D eigenvalue weighted by Crippen LogP contribution is 2.34. The SMILES string of the molecule is Fc1cc(F)c(Oc2ccc(Cl)c3ccccc23)nc1F. The molecular weight excluding hydrogens is 303 g/mol. The van der Waals surface area contributed by atoms with E-state index < -0.39 is 23.5 Å². The lowest BCUT2D eigenvalue weighted by molar-refractivity contribution is 0.389. The van der Waals surface area contributed by atoms with Gasteiger partial charge >= 0.3 is 0 Å². The predicted octanol–water partition coefficient (Wildman–Crippen LogP) is 5.10. The summed E-state index contributed by atoms with van der Waals surface area (Å²) < 4.78 is 44.8. The second-order valence-corrected chi connectivity index (χ2v) is 4.65. The first-order valence-corrected chi connectivity index (χ1v) is 6.30. The number of benzene rings is 2. The Morgan fingerprint density at radius 2 is 1.62 bits per heavy atom. The lowest BCUT2D eigenvalue weighted by Gasteiger charge is -2.10. The third kappa shape index (κ3) is 2.52. The van der Waals surface area contributed by atoms with Crippen molar-refractivity contribution in [1.82, 2.24) is 4.98 Å². The Morgan fingerprint density at radius 1 is 0.905 bits per heavy atom. The molecule has 1 heterocycles. The van der Waals surface area contributed by atoms with E-state index in [0.717, 1.165) is 0 Å². The van der Waals surface area contributed by atoms with Gasteiger partial charge in [-0.3, -0.25) is 0 Å². The largest absolute Gasteiger partial charge is 0.436 e. The van der Waals surface area contributed by atoms with Crippen LogP contribution >= 0.6 is 11.6 Å². The summed E-state index contributed by atoms with van der Waals surface area (Å²) in [5.74, 6) is -4.29. The highest BCUT2D eigenvalue weighted by molar-refractivity contribution is 6.35. The number of pyridine rings is 1. The molecular formula is C15H7ClF3NO. The minimum absolute atomic E-state index is 0.243.